The maximum absolute atomic E-state index is 13.5. The van der Waals surface area contributed by atoms with Gasteiger partial charge in [0.2, 0.25) is 5.91 Å². The first-order chi connectivity index (χ1) is 17.5. The van der Waals surface area contributed by atoms with Gasteiger partial charge in [0.1, 0.15) is 12.1 Å². The molecule has 0 radical (unpaired) electrons. The van der Waals surface area contributed by atoms with Gasteiger partial charge in [-0.25, -0.2) is 4.79 Å². The van der Waals surface area contributed by atoms with E-state index in [1.165, 1.54) is 18.9 Å². The lowest BCUT2D eigenvalue weighted by molar-refractivity contribution is -0.145. The normalized spacial score (nSPS) is 16.0. The van der Waals surface area contributed by atoms with Crippen molar-refractivity contribution in [3.05, 3.63) is 59.7 Å². The highest BCUT2D eigenvalue weighted by Gasteiger charge is 2.38. The molecule has 1 aliphatic heterocycles. The van der Waals surface area contributed by atoms with Gasteiger partial charge in [0, 0.05) is 63.8 Å². The Morgan fingerprint density at radius 3 is 1.78 bits per heavy atom. The fourth-order valence-electron chi connectivity index (χ4n) is 4.13. The fourth-order valence-corrected chi connectivity index (χ4v) is 4.13. The number of piperazine rings is 1. The smallest absolute Gasteiger partial charge is 0.328 e. The Kier molecular flexibility index (Phi) is 8.75. The van der Waals surface area contributed by atoms with Crippen LogP contribution in [0.3, 0.4) is 0 Å². The van der Waals surface area contributed by atoms with Gasteiger partial charge in [-0.2, -0.15) is 0 Å². The number of carbonyl (C=O) groups excluding carboxylic acids is 4. The highest BCUT2D eigenvalue weighted by atomic mass is 16.5. The monoisotopic (exact) mass is 509 g/mol. The average molecular weight is 510 g/mol. The largest absolute Gasteiger partial charge is 0.467 e. The zero-order valence-electron chi connectivity index (χ0n) is 22.2. The van der Waals surface area contributed by atoms with Crippen molar-refractivity contribution in [1.82, 2.24) is 15.1 Å². The van der Waals surface area contributed by atoms with Gasteiger partial charge in [-0.15, -0.1) is 0 Å². The number of nitrogens with zero attached hydrogens (tertiary/aromatic N) is 4. The van der Waals surface area contributed by atoms with Gasteiger partial charge in [-0.05, 0) is 55.5 Å². The summed E-state index contributed by atoms with van der Waals surface area (Å²) in [5.74, 6) is -1.68. The maximum Gasteiger partial charge on any atom is 0.328 e. The van der Waals surface area contributed by atoms with Crippen LogP contribution in [0.15, 0.2) is 48.5 Å². The molecule has 3 rings (SSSR count). The number of carbonyl (C=O) groups is 4. The molecule has 1 saturated heterocycles. The van der Waals surface area contributed by atoms with Crippen LogP contribution in [0.1, 0.15) is 27.6 Å². The summed E-state index contributed by atoms with van der Waals surface area (Å²) in [5, 5.41) is 2.62. The summed E-state index contributed by atoms with van der Waals surface area (Å²) >= 11 is 0. The van der Waals surface area contributed by atoms with Crippen molar-refractivity contribution >= 4 is 35.1 Å². The second-order valence-corrected chi connectivity index (χ2v) is 9.40. The van der Waals surface area contributed by atoms with Crippen molar-refractivity contribution in [2.75, 3.05) is 64.7 Å². The van der Waals surface area contributed by atoms with Crippen LogP contribution in [0.2, 0.25) is 0 Å². The molecular weight excluding hydrogens is 474 g/mol. The van der Waals surface area contributed by atoms with Crippen molar-refractivity contribution in [2.24, 2.45) is 0 Å². The third-order valence-corrected chi connectivity index (χ3v) is 6.41. The standard InChI is InChI=1S/C27H35N5O5/c1-18(27(36)37-6)28-24(33)23-17-31(25(34)19-7-11-21(12-8-19)29(2)3)15-16-32(23)26(35)20-9-13-22(14-10-20)30(4)5/h7-14,18,23H,15-17H2,1-6H3,(H,28,33)/t18-,23-/m1/s1. The number of esters is 1. The van der Waals surface area contributed by atoms with Gasteiger partial charge >= 0.3 is 5.97 Å². The molecule has 198 valence electrons. The molecule has 10 heteroatoms. The second-order valence-electron chi connectivity index (χ2n) is 9.40. The number of anilines is 2. The number of hydrogen-bond acceptors (Lipinski definition) is 7. The van der Waals surface area contributed by atoms with Gasteiger partial charge in [-0.1, -0.05) is 0 Å². The molecule has 2 aromatic carbocycles. The predicted molar refractivity (Wildman–Crippen MR) is 142 cm³/mol. The molecule has 1 heterocycles. The molecule has 0 bridgehead atoms. The van der Waals surface area contributed by atoms with Crippen LogP contribution in [-0.4, -0.2) is 101 Å². The number of rotatable bonds is 7. The van der Waals surface area contributed by atoms with Crippen LogP contribution >= 0.6 is 0 Å². The van der Waals surface area contributed by atoms with Crippen molar-refractivity contribution in [3.63, 3.8) is 0 Å². The van der Waals surface area contributed by atoms with Crippen molar-refractivity contribution in [1.29, 1.82) is 0 Å². The Bertz CT molecular complexity index is 1130. The molecule has 2 atom stereocenters. The van der Waals surface area contributed by atoms with Crippen molar-refractivity contribution < 1.29 is 23.9 Å². The zero-order chi connectivity index (χ0) is 27.3. The number of ether oxygens (including phenoxy) is 1. The first-order valence-corrected chi connectivity index (χ1v) is 12.1. The number of nitrogens with one attached hydrogen (secondary N) is 1. The van der Waals surface area contributed by atoms with E-state index in [-0.39, 0.29) is 31.4 Å². The highest BCUT2D eigenvalue weighted by Crippen LogP contribution is 2.20. The lowest BCUT2D eigenvalue weighted by Crippen LogP contribution is -2.62. The van der Waals surface area contributed by atoms with E-state index in [0.717, 1.165) is 11.4 Å². The summed E-state index contributed by atoms with van der Waals surface area (Å²) in [7, 11) is 8.88. The van der Waals surface area contributed by atoms with Crippen LogP contribution in [0, 0.1) is 0 Å². The van der Waals surface area contributed by atoms with Gasteiger partial charge in [-0.3, -0.25) is 14.4 Å². The van der Waals surface area contributed by atoms with Gasteiger partial charge in [0.15, 0.2) is 0 Å². The highest BCUT2D eigenvalue weighted by molar-refractivity contribution is 6.00. The Hall–Kier alpha value is -4.08. The van der Waals surface area contributed by atoms with Crippen molar-refractivity contribution in [2.45, 2.75) is 19.0 Å². The Balaban J connectivity index is 1.84. The van der Waals surface area contributed by atoms with E-state index in [9.17, 15) is 19.2 Å². The second kappa shape index (κ2) is 11.8. The molecule has 1 aliphatic rings. The quantitative estimate of drug-likeness (QED) is 0.564. The lowest BCUT2D eigenvalue weighted by Gasteiger charge is -2.41. The number of benzene rings is 2. The van der Waals surface area contributed by atoms with Gasteiger partial charge < -0.3 is 29.7 Å². The van der Waals surface area contributed by atoms with Crippen LogP contribution < -0.4 is 15.1 Å². The van der Waals surface area contributed by atoms with Crippen LogP contribution in [0.25, 0.3) is 0 Å². The number of amides is 3. The first-order valence-electron chi connectivity index (χ1n) is 12.1. The van der Waals surface area contributed by atoms with E-state index < -0.39 is 24.0 Å². The minimum atomic E-state index is -0.980. The van der Waals surface area contributed by atoms with Crippen LogP contribution in [0.5, 0.6) is 0 Å². The number of methoxy groups -OCH3 is 1. The van der Waals surface area contributed by atoms with Crippen LogP contribution in [0.4, 0.5) is 11.4 Å². The molecule has 0 aliphatic carbocycles. The molecule has 37 heavy (non-hydrogen) atoms. The molecule has 10 nitrogen and oxygen atoms in total. The summed E-state index contributed by atoms with van der Waals surface area (Å²) in [6, 6.07) is 12.4. The molecule has 2 aromatic rings. The molecule has 0 spiro atoms. The number of hydrogen-bond donors (Lipinski definition) is 1. The maximum atomic E-state index is 13.5. The molecular formula is C27H35N5O5. The van der Waals surface area contributed by atoms with Crippen molar-refractivity contribution in [3.8, 4) is 0 Å². The third kappa shape index (κ3) is 6.38. The first kappa shape index (κ1) is 27.5. The zero-order valence-corrected chi connectivity index (χ0v) is 22.2. The Morgan fingerprint density at radius 1 is 0.838 bits per heavy atom. The van der Waals surface area contributed by atoms with E-state index >= 15 is 0 Å². The lowest BCUT2D eigenvalue weighted by atomic mass is 10.1. The topological polar surface area (TPSA) is 102 Å². The Labute approximate surface area is 217 Å². The minimum Gasteiger partial charge on any atom is -0.467 e. The third-order valence-electron chi connectivity index (χ3n) is 6.41. The molecule has 0 saturated carbocycles. The molecule has 1 fully saturated rings. The summed E-state index contributed by atoms with van der Waals surface area (Å²) in [4.78, 5) is 58.8. The molecule has 0 unspecified atom stereocenters. The van der Waals surface area contributed by atoms with Crippen LogP contribution in [-0.2, 0) is 14.3 Å². The van der Waals surface area contributed by atoms with E-state index in [1.807, 2.05) is 62.3 Å². The van der Waals surface area contributed by atoms with E-state index in [4.69, 9.17) is 4.74 Å². The minimum absolute atomic E-state index is 0.00445. The predicted octanol–water partition coefficient (Wildman–Crippen LogP) is 1.46. The fraction of sp³-hybridized carbons (Fsp3) is 0.407. The summed E-state index contributed by atoms with van der Waals surface area (Å²) < 4.78 is 4.71. The van der Waals surface area contributed by atoms with E-state index in [0.29, 0.717) is 11.1 Å². The SMILES string of the molecule is COC(=O)[C@@H](C)NC(=O)[C@H]1CN(C(=O)c2ccc(N(C)C)cc2)CCN1C(=O)c1ccc(N(C)C)cc1. The Morgan fingerprint density at radius 2 is 1.32 bits per heavy atom. The van der Waals surface area contributed by atoms with E-state index in [1.54, 1.807) is 29.2 Å². The van der Waals surface area contributed by atoms with Gasteiger partial charge in [0.05, 0.1) is 13.7 Å². The summed E-state index contributed by atoms with van der Waals surface area (Å²) in [6.07, 6.45) is 0. The molecule has 1 N–H and O–H groups in total. The average Bonchev–Trinajstić information content (AvgIpc) is 2.91. The summed E-state index contributed by atoms with van der Waals surface area (Å²) in [5.41, 5.74) is 2.82. The molecule has 3 amide bonds. The summed E-state index contributed by atoms with van der Waals surface area (Å²) in [6.45, 7) is 1.94. The van der Waals surface area contributed by atoms with Gasteiger partial charge in [0.25, 0.3) is 11.8 Å². The molecule has 0 aromatic heterocycles. The van der Waals surface area contributed by atoms with E-state index in [2.05, 4.69) is 5.32 Å².